The molecule has 1 rings (SSSR count). The molecule has 0 spiro atoms. The lowest BCUT2D eigenvalue weighted by atomic mass is 10.1. The molecular formula is C15H26N2O2S. The van der Waals surface area contributed by atoms with Crippen molar-refractivity contribution < 1.29 is 8.42 Å². The fourth-order valence-corrected chi connectivity index (χ4v) is 3.18. The molecule has 2 N–H and O–H groups in total. The molecule has 1 aromatic carbocycles. The molecule has 0 atom stereocenters. The van der Waals surface area contributed by atoms with Crippen molar-refractivity contribution in [3.63, 3.8) is 0 Å². The fourth-order valence-electron chi connectivity index (χ4n) is 1.93. The molecule has 0 aromatic heterocycles. The Morgan fingerprint density at radius 1 is 1.10 bits per heavy atom. The molecule has 4 nitrogen and oxygen atoms in total. The molecular weight excluding hydrogens is 272 g/mol. The van der Waals surface area contributed by atoms with E-state index in [0.717, 1.165) is 32.4 Å². The minimum Gasteiger partial charge on any atom is -0.317 e. The second kappa shape index (κ2) is 8.39. The summed E-state index contributed by atoms with van der Waals surface area (Å²) in [6.07, 6.45) is 3.18. The van der Waals surface area contributed by atoms with Crippen LogP contribution in [0.1, 0.15) is 39.2 Å². The van der Waals surface area contributed by atoms with E-state index < -0.39 is 10.0 Å². The number of hydrogen-bond acceptors (Lipinski definition) is 3. The lowest BCUT2D eigenvalue weighted by Gasteiger charge is -2.10. The molecule has 1 aromatic rings. The van der Waals surface area contributed by atoms with Crippen LogP contribution in [0.2, 0.25) is 0 Å². The van der Waals surface area contributed by atoms with Gasteiger partial charge >= 0.3 is 0 Å². The van der Waals surface area contributed by atoms with Crippen LogP contribution in [0.5, 0.6) is 0 Å². The van der Waals surface area contributed by atoms with Gasteiger partial charge in [0.05, 0.1) is 4.90 Å². The number of benzene rings is 1. The van der Waals surface area contributed by atoms with E-state index in [0.29, 0.717) is 4.90 Å². The monoisotopic (exact) mass is 298 g/mol. The first-order valence-electron chi connectivity index (χ1n) is 7.27. The molecule has 20 heavy (non-hydrogen) atoms. The first kappa shape index (κ1) is 17.1. The maximum absolute atomic E-state index is 12.0. The molecule has 0 unspecified atom stereocenters. The molecule has 0 radical (unpaired) electrons. The van der Waals surface area contributed by atoms with Gasteiger partial charge in [-0.25, -0.2) is 13.1 Å². The summed E-state index contributed by atoms with van der Waals surface area (Å²) < 4.78 is 26.5. The van der Waals surface area contributed by atoms with Crippen LogP contribution < -0.4 is 10.0 Å². The number of aryl methyl sites for hydroxylation is 1. The Bertz CT molecular complexity index is 481. The summed E-state index contributed by atoms with van der Waals surface area (Å²) in [6, 6.07) is 7.06. The highest BCUT2D eigenvalue weighted by Gasteiger charge is 2.14. The van der Waals surface area contributed by atoms with Crippen molar-refractivity contribution in [2.24, 2.45) is 0 Å². The molecule has 0 heterocycles. The van der Waals surface area contributed by atoms with E-state index in [1.165, 1.54) is 5.56 Å². The van der Waals surface area contributed by atoms with E-state index >= 15 is 0 Å². The van der Waals surface area contributed by atoms with Crippen LogP contribution >= 0.6 is 0 Å². The van der Waals surface area contributed by atoms with Gasteiger partial charge in [0.15, 0.2) is 0 Å². The maximum atomic E-state index is 12.0. The average Bonchev–Trinajstić information content (AvgIpc) is 2.37. The second-order valence-corrected chi connectivity index (χ2v) is 6.99. The van der Waals surface area contributed by atoms with E-state index in [9.17, 15) is 8.42 Å². The van der Waals surface area contributed by atoms with Gasteiger partial charge in [0.25, 0.3) is 0 Å². The highest BCUT2D eigenvalue weighted by atomic mass is 32.2. The first-order valence-corrected chi connectivity index (χ1v) is 8.76. The standard InChI is InChI=1S/C15H26N2O2S/c1-4-11-16-12-5-6-14-7-9-15(10-8-14)20(18,19)17-13(2)3/h7-10,13,16-17H,4-6,11-12H2,1-3H3. The zero-order chi connectivity index (χ0) is 15.0. The van der Waals surface area contributed by atoms with Crippen molar-refractivity contribution in [1.82, 2.24) is 10.0 Å². The molecule has 0 aliphatic rings. The van der Waals surface area contributed by atoms with E-state index in [1.807, 2.05) is 26.0 Å². The Morgan fingerprint density at radius 2 is 1.75 bits per heavy atom. The second-order valence-electron chi connectivity index (χ2n) is 5.27. The predicted octanol–water partition coefficient (Wildman–Crippen LogP) is 2.31. The van der Waals surface area contributed by atoms with Gasteiger partial charge in [0, 0.05) is 6.04 Å². The van der Waals surface area contributed by atoms with Gasteiger partial charge in [-0.3, -0.25) is 0 Å². The Hall–Kier alpha value is -0.910. The topological polar surface area (TPSA) is 58.2 Å². The number of rotatable bonds is 9. The lowest BCUT2D eigenvalue weighted by Crippen LogP contribution is -2.30. The predicted molar refractivity (Wildman–Crippen MR) is 83.4 cm³/mol. The molecule has 0 aliphatic heterocycles. The fraction of sp³-hybridized carbons (Fsp3) is 0.600. The quantitative estimate of drug-likeness (QED) is 0.688. The summed E-state index contributed by atoms with van der Waals surface area (Å²) in [5.41, 5.74) is 1.17. The number of hydrogen-bond donors (Lipinski definition) is 2. The smallest absolute Gasteiger partial charge is 0.240 e. The highest BCUT2D eigenvalue weighted by molar-refractivity contribution is 7.89. The molecule has 5 heteroatoms. The van der Waals surface area contributed by atoms with Crippen LogP contribution in [0.25, 0.3) is 0 Å². The third kappa shape index (κ3) is 6.03. The molecule has 0 amide bonds. The van der Waals surface area contributed by atoms with Crippen molar-refractivity contribution in [1.29, 1.82) is 0 Å². The van der Waals surface area contributed by atoms with Gasteiger partial charge in [-0.15, -0.1) is 0 Å². The third-order valence-electron chi connectivity index (χ3n) is 2.87. The number of nitrogens with one attached hydrogen (secondary N) is 2. The summed E-state index contributed by atoms with van der Waals surface area (Å²) in [5.74, 6) is 0. The molecule has 0 saturated carbocycles. The van der Waals surface area contributed by atoms with Crippen molar-refractivity contribution in [3.8, 4) is 0 Å². The molecule has 0 bridgehead atoms. The van der Waals surface area contributed by atoms with Gasteiger partial charge in [0.2, 0.25) is 10.0 Å². The Labute approximate surface area is 123 Å². The average molecular weight is 298 g/mol. The van der Waals surface area contributed by atoms with Gasteiger partial charge in [-0.1, -0.05) is 19.1 Å². The van der Waals surface area contributed by atoms with Gasteiger partial charge in [-0.2, -0.15) is 0 Å². The summed E-state index contributed by atoms with van der Waals surface area (Å²) in [7, 11) is -3.37. The largest absolute Gasteiger partial charge is 0.317 e. The molecule has 0 fully saturated rings. The summed E-state index contributed by atoms with van der Waals surface area (Å²) in [6.45, 7) is 7.84. The Kier molecular flexibility index (Phi) is 7.19. The minimum atomic E-state index is -3.37. The van der Waals surface area contributed by atoms with Crippen LogP contribution in [0.4, 0.5) is 0 Å². The SMILES string of the molecule is CCCNCCCc1ccc(S(=O)(=O)NC(C)C)cc1. The van der Waals surface area contributed by atoms with Crippen molar-refractivity contribution >= 4 is 10.0 Å². The van der Waals surface area contributed by atoms with Crippen molar-refractivity contribution in [2.45, 2.75) is 51.0 Å². The maximum Gasteiger partial charge on any atom is 0.240 e. The summed E-state index contributed by atoms with van der Waals surface area (Å²) >= 11 is 0. The van der Waals surface area contributed by atoms with Crippen molar-refractivity contribution in [3.05, 3.63) is 29.8 Å². The van der Waals surface area contributed by atoms with Crippen LogP contribution in [0.15, 0.2) is 29.2 Å². The zero-order valence-corrected chi connectivity index (χ0v) is 13.5. The van der Waals surface area contributed by atoms with E-state index in [4.69, 9.17) is 0 Å². The van der Waals surface area contributed by atoms with Gasteiger partial charge in [-0.05, 0) is 63.9 Å². The molecule has 0 saturated heterocycles. The molecule has 0 aliphatic carbocycles. The lowest BCUT2D eigenvalue weighted by molar-refractivity contribution is 0.570. The number of sulfonamides is 1. The zero-order valence-electron chi connectivity index (χ0n) is 12.6. The van der Waals surface area contributed by atoms with Gasteiger partial charge < -0.3 is 5.32 Å². The van der Waals surface area contributed by atoms with Gasteiger partial charge in [0.1, 0.15) is 0 Å². The van der Waals surface area contributed by atoms with Crippen LogP contribution in [-0.4, -0.2) is 27.5 Å². The highest BCUT2D eigenvalue weighted by Crippen LogP contribution is 2.12. The Morgan fingerprint density at radius 3 is 2.30 bits per heavy atom. The van der Waals surface area contributed by atoms with Crippen LogP contribution in [0, 0.1) is 0 Å². The van der Waals surface area contributed by atoms with E-state index in [-0.39, 0.29) is 6.04 Å². The van der Waals surface area contributed by atoms with Crippen molar-refractivity contribution in [2.75, 3.05) is 13.1 Å². The normalized spacial score (nSPS) is 12.0. The van der Waals surface area contributed by atoms with Crippen LogP contribution in [0.3, 0.4) is 0 Å². The molecule has 114 valence electrons. The third-order valence-corrected chi connectivity index (χ3v) is 4.54. The summed E-state index contributed by atoms with van der Waals surface area (Å²) in [5, 5.41) is 3.36. The van der Waals surface area contributed by atoms with E-state index in [2.05, 4.69) is 17.0 Å². The minimum absolute atomic E-state index is 0.0932. The Balaban J connectivity index is 2.52. The van der Waals surface area contributed by atoms with Crippen LogP contribution in [-0.2, 0) is 16.4 Å². The van der Waals surface area contributed by atoms with E-state index in [1.54, 1.807) is 12.1 Å². The summed E-state index contributed by atoms with van der Waals surface area (Å²) in [4.78, 5) is 0.332. The first-order chi connectivity index (χ1) is 9.45.